The van der Waals surface area contributed by atoms with Crippen LogP contribution in [-0.4, -0.2) is 35.2 Å². The molecule has 1 saturated heterocycles. The van der Waals surface area contributed by atoms with Crippen molar-refractivity contribution in [2.75, 3.05) is 30.4 Å². The van der Waals surface area contributed by atoms with Crippen molar-refractivity contribution in [2.24, 2.45) is 5.92 Å². The third-order valence-electron chi connectivity index (χ3n) is 3.11. The average Bonchev–Trinajstić information content (AvgIpc) is 2.38. The highest BCUT2D eigenvalue weighted by molar-refractivity contribution is 7.80. The summed E-state index contributed by atoms with van der Waals surface area (Å²) in [6, 6.07) is 1.80. The number of rotatable bonds is 2. The normalized spacial score (nSPS) is 19.1. The zero-order chi connectivity index (χ0) is 13.8. The van der Waals surface area contributed by atoms with Crippen molar-refractivity contribution in [3.63, 3.8) is 0 Å². The molecule has 1 fully saturated rings. The largest absolute Gasteiger partial charge is 0.365 e. The summed E-state index contributed by atoms with van der Waals surface area (Å²) in [5.41, 5.74) is 0. The van der Waals surface area contributed by atoms with Gasteiger partial charge in [0.2, 0.25) is 5.95 Å². The number of anilines is 2. The molecule has 104 valence electrons. The Hall–Kier alpha value is -1.14. The lowest BCUT2D eigenvalue weighted by Gasteiger charge is -2.32. The van der Waals surface area contributed by atoms with Gasteiger partial charge in [-0.15, -0.1) is 0 Å². The van der Waals surface area contributed by atoms with Crippen LogP contribution in [0.2, 0.25) is 5.15 Å². The molecule has 0 spiro atoms. The molecule has 5 nitrogen and oxygen atoms in total. The molecule has 0 amide bonds. The zero-order valence-corrected chi connectivity index (χ0v) is 12.7. The van der Waals surface area contributed by atoms with Crippen LogP contribution in [0, 0.1) is 5.92 Å². The van der Waals surface area contributed by atoms with Crippen LogP contribution in [0.25, 0.3) is 0 Å². The van der Waals surface area contributed by atoms with Crippen LogP contribution in [0.1, 0.15) is 19.8 Å². The van der Waals surface area contributed by atoms with Crippen molar-refractivity contribution < 1.29 is 0 Å². The smallest absolute Gasteiger partial charge is 0.232 e. The summed E-state index contributed by atoms with van der Waals surface area (Å²) >= 11 is 11.1. The highest BCUT2D eigenvalue weighted by Gasteiger charge is 2.18. The van der Waals surface area contributed by atoms with Gasteiger partial charge >= 0.3 is 0 Å². The number of aromatic nitrogens is 2. The van der Waals surface area contributed by atoms with Crippen molar-refractivity contribution in [3.8, 4) is 0 Å². The fraction of sp³-hybridized carbons (Fsp3) is 0.583. The van der Waals surface area contributed by atoms with E-state index in [0.29, 0.717) is 22.1 Å². The Labute approximate surface area is 123 Å². The summed E-state index contributed by atoms with van der Waals surface area (Å²) in [4.78, 5) is 10.8. The Morgan fingerprint density at radius 1 is 1.53 bits per heavy atom. The van der Waals surface area contributed by atoms with Crippen molar-refractivity contribution in [1.82, 2.24) is 15.3 Å². The summed E-state index contributed by atoms with van der Waals surface area (Å²) < 4.78 is 0. The lowest BCUT2D eigenvalue weighted by molar-refractivity contribution is 0.444. The van der Waals surface area contributed by atoms with Crippen LogP contribution >= 0.6 is 23.8 Å². The van der Waals surface area contributed by atoms with Gasteiger partial charge in [0.1, 0.15) is 11.0 Å². The molecule has 1 aromatic rings. The molecule has 1 aliphatic rings. The Morgan fingerprint density at radius 3 is 3.00 bits per heavy atom. The number of piperidine rings is 1. The number of hydrogen-bond donors (Lipinski definition) is 2. The summed E-state index contributed by atoms with van der Waals surface area (Å²) in [6.07, 6.45) is 2.45. The maximum atomic E-state index is 6.05. The minimum atomic E-state index is 0.421. The molecule has 2 N–H and O–H groups in total. The predicted octanol–water partition coefficient (Wildman–Crippen LogP) is 2.28. The van der Waals surface area contributed by atoms with Crippen LogP contribution in [0.5, 0.6) is 0 Å². The van der Waals surface area contributed by atoms with Gasteiger partial charge in [0, 0.05) is 26.2 Å². The molecule has 1 atom stereocenters. The van der Waals surface area contributed by atoms with Crippen LogP contribution in [0.3, 0.4) is 0 Å². The third kappa shape index (κ3) is 3.91. The monoisotopic (exact) mass is 299 g/mol. The first-order valence-electron chi connectivity index (χ1n) is 6.36. The third-order valence-corrected chi connectivity index (χ3v) is 3.61. The van der Waals surface area contributed by atoms with Gasteiger partial charge in [-0.2, -0.15) is 4.98 Å². The summed E-state index contributed by atoms with van der Waals surface area (Å²) in [5, 5.41) is 6.63. The van der Waals surface area contributed by atoms with Crippen molar-refractivity contribution >= 4 is 40.7 Å². The first-order chi connectivity index (χ1) is 9.08. The lowest BCUT2D eigenvalue weighted by Crippen LogP contribution is -2.35. The Morgan fingerprint density at radius 2 is 2.32 bits per heavy atom. The fourth-order valence-electron chi connectivity index (χ4n) is 2.19. The molecular weight excluding hydrogens is 282 g/mol. The molecule has 1 aromatic heterocycles. The second-order valence-corrected chi connectivity index (χ2v) is 5.57. The van der Waals surface area contributed by atoms with Crippen LogP contribution in [0.15, 0.2) is 6.07 Å². The number of hydrogen-bond acceptors (Lipinski definition) is 4. The fourth-order valence-corrected chi connectivity index (χ4v) is 2.45. The van der Waals surface area contributed by atoms with E-state index >= 15 is 0 Å². The SMILES string of the molecule is CNC(=S)Nc1nc(Cl)cc(N2CCCC(C)C2)n1. The van der Waals surface area contributed by atoms with E-state index in [1.54, 1.807) is 13.1 Å². The number of thiocarbonyl (C=S) groups is 1. The topological polar surface area (TPSA) is 53.1 Å². The summed E-state index contributed by atoms with van der Waals surface area (Å²) in [6.45, 7) is 4.26. The molecule has 7 heteroatoms. The summed E-state index contributed by atoms with van der Waals surface area (Å²) in [5.74, 6) is 1.96. The molecule has 0 bridgehead atoms. The van der Waals surface area contributed by atoms with E-state index in [9.17, 15) is 0 Å². The van der Waals surface area contributed by atoms with Gasteiger partial charge in [-0.3, -0.25) is 0 Å². The Balaban J connectivity index is 2.18. The zero-order valence-electron chi connectivity index (χ0n) is 11.1. The predicted molar refractivity (Wildman–Crippen MR) is 82.9 cm³/mol. The minimum absolute atomic E-state index is 0.421. The number of halogens is 1. The molecular formula is C12H18ClN5S. The van der Waals surface area contributed by atoms with Crippen molar-refractivity contribution in [3.05, 3.63) is 11.2 Å². The quantitative estimate of drug-likeness (QED) is 0.645. The van der Waals surface area contributed by atoms with E-state index in [0.717, 1.165) is 18.9 Å². The molecule has 0 aromatic carbocycles. The van der Waals surface area contributed by atoms with E-state index in [4.69, 9.17) is 23.8 Å². The Bertz CT molecular complexity index is 467. The van der Waals surface area contributed by atoms with Gasteiger partial charge < -0.3 is 15.5 Å². The van der Waals surface area contributed by atoms with Crippen molar-refractivity contribution in [2.45, 2.75) is 19.8 Å². The van der Waals surface area contributed by atoms with Crippen LogP contribution < -0.4 is 15.5 Å². The molecule has 0 saturated carbocycles. The van der Waals surface area contributed by atoms with Gasteiger partial charge in [-0.05, 0) is 31.0 Å². The maximum absolute atomic E-state index is 6.05. The van der Waals surface area contributed by atoms with Gasteiger partial charge in [-0.25, -0.2) is 4.98 Å². The Kier molecular flexibility index (Phi) is 4.76. The number of nitrogens with one attached hydrogen (secondary N) is 2. The highest BCUT2D eigenvalue weighted by atomic mass is 35.5. The molecule has 1 aliphatic heterocycles. The second kappa shape index (κ2) is 6.34. The van der Waals surface area contributed by atoms with Gasteiger partial charge in [0.25, 0.3) is 0 Å². The molecule has 2 rings (SSSR count). The van der Waals surface area contributed by atoms with Gasteiger partial charge in [-0.1, -0.05) is 18.5 Å². The van der Waals surface area contributed by atoms with E-state index in [1.165, 1.54) is 12.8 Å². The minimum Gasteiger partial charge on any atom is -0.365 e. The standard InChI is InChI=1S/C12H18ClN5S/c1-8-4-3-5-18(7-8)10-6-9(13)15-11(16-10)17-12(19)14-2/h6,8H,3-5,7H2,1-2H3,(H2,14,15,16,17,19). The maximum Gasteiger partial charge on any atom is 0.232 e. The number of nitrogens with zero attached hydrogens (tertiary/aromatic N) is 3. The first kappa shape index (κ1) is 14.3. The highest BCUT2D eigenvalue weighted by Crippen LogP contribution is 2.24. The van der Waals surface area contributed by atoms with E-state index in [2.05, 4.69) is 32.4 Å². The van der Waals surface area contributed by atoms with Gasteiger partial charge in [0.05, 0.1) is 0 Å². The van der Waals surface area contributed by atoms with Crippen molar-refractivity contribution in [1.29, 1.82) is 0 Å². The second-order valence-electron chi connectivity index (χ2n) is 4.77. The molecule has 0 radical (unpaired) electrons. The molecule has 1 unspecified atom stereocenters. The first-order valence-corrected chi connectivity index (χ1v) is 7.15. The molecule has 19 heavy (non-hydrogen) atoms. The molecule has 2 heterocycles. The van der Waals surface area contributed by atoms with E-state index in [-0.39, 0.29) is 0 Å². The molecule has 0 aliphatic carbocycles. The average molecular weight is 300 g/mol. The van der Waals surface area contributed by atoms with E-state index in [1.807, 2.05) is 0 Å². The van der Waals surface area contributed by atoms with Crippen LogP contribution in [-0.2, 0) is 0 Å². The van der Waals surface area contributed by atoms with Crippen LogP contribution in [0.4, 0.5) is 11.8 Å². The van der Waals surface area contributed by atoms with Gasteiger partial charge in [0.15, 0.2) is 5.11 Å². The lowest BCUT2D eigenvalue weighted by atomic mass is 10.0. The van der Waals surface area contributed by atoms with E-state index < -0.39 is 0 Å². The summed E-state index contributed by atoms with van der Waals surface area (Å²) in [7, 11) is 1.74.